The number of anilines is 1. The highest BCUT2D eigenvalue weighted by Crippen LogP contribution is 2.32. The van der Waals surface area contributed by atoms with Gasteiger partial charge in [0.1, 0.15) is 17.1 Å². The van der Waals surface area contributed by atoms with Gasteiger partial charge in [0.15, 0.2) is 12.4 Å². The predicted molar refractivity (Wildman–Crippen MR) is 126 cm³/mol. The fourth-order valence-corrected chi connectivity index (χ4v) is 3.36. The first kappa shape index (κ1) is 22.0. The van der Waals surface area contributed by atoms with Gasteiger partial charge in [0.05, 0.1) is 19.6 Å². The molecule has 1 N–H and O–H groups in total. The summed E-state index contributed by atoms with van der Waals surface area (Å²) >= 11 is 0. The molecule has 4 rings (SSSR count). The van der Waals surface area contributed by atoms with Crippen LogP contribution < -0.4 is 25.0 Å². The van der Waals surface area contributed by atoms with Gasteiger partial charge in [-0.3, -0.25) is 9.59 Å². The number of hydrogen-bond acceptors (Lipinski definition) is 6. The zero-order valence-electron chi connectivity index (χ0n) is 18.5. The van der Waals surface area contributed by atoms with Gasteiger partial charge >= 0.3 is 0 Å². The Bertz CT molecular complexity index is 1340. The van der Waals surface area contributed by atoms with E-state index < -0.39 is 5.91 Å². The Kier molecular flexibility index (Phi) is 6.31. The van der Waals surface area contributed by atoms with Crippen LogP contribution in [0.3, 0.4) is 0 Å². The molecule has 168 valence electrons. The van der Waals surface area contributed by atoms with Gasteiger partial charge in [0, 0.05) is 11.3 Å². The maximum absolute atomic E-state index is 13.2. The number of ether oxygens (including phenoxy) is 3. The van der Waals surface area contributed by atoms with Crippen LogP contribution in [0.2, 0.25) is 0 Å². The van der Waals surface area contributed by atoms with Crippen molar-refractivity contribution in [3.05, 3.63) is 82.5 Å². The van der Waals surface area contributed by atoms with Crippen molar-refractivity contribution >= 4 is 22.6 Å². The van der Waals surface area contributed by atoms with E-state index in [0.717, 1.165) is 5.56 Å². The molecule has 0 radical (unpaired) electrons. The quantitative estimate of drug-likeness (QED) is 0.440. The molecule has 0 aliphatic rings. The summed E-state index contributed by atoms with van der Waals surface area (Å²) in [5.74, 6) is 1.15. The smallest absolute Gasteiger partial charge is 0.262 e. The third-order valence-corrected chi connectivity index (χ3v) is 5.08. The Morgan fingerprint density at radius 1 is 0.909 bits per heavy atom. The summed E-state index contributed by atoms with van der Waals surface area (Å²) in [4.78, 5) is 25.7. The largest absolute Gasteiger partial charge is 0.497 e. The number of aryl methyl sites for hydroxylation is 1. The summed E-state index contributed by atoms with van der Waals surface area (Å²) in [5, 5.41) is 3.11. The van der Waals surface area contributed by atoms with Gasteiger partial charge in [0.25, 0.3) is 5.91 Å². The second-order valence-electron chi connectivity index (χ2n) is 7.38. The maximum atomic E-state index is 13.2. The molecule has 0 saturated heterocycles. The Labute approximate surface area is 190 Å². The topological polar surface area (TPSA) is 87.0 Å². The molecule has 0 bridgehead atoms. The molecular weight excluding hydrogens is 422 g/mol. The van der Waals surface area contributed by atoms with Gasteiger partial charge in [-0.1, -0.05) is 6.07 Å². The summed E-state index contributed by atoms with van der Waals surface area (Å²) in [6.45, 7) is 1.55. The Morgan fingerprint density at radius 2 is 1.55 bits per heavy atom. The monoisotopic (exact) mass is 445 g/mol. The fraction of sp³-hybridized carbons (Fsp3) is 0.154. The first-order valence-corrected chi connectivity index (χ1v) is 10.3. The van der Waals surface area contributed by atoms with Crippen molar-refractivity contribution in [1.82, 2.24) is 0 Å². The van der Waals surface area contributed by atoms with Gasteiger partial charge in [-0.2, -0.15) is 0 Å². The minimum Gasteiger partial charge on any atom is -0.497 e. The van der Waals surface area contributed by atoms with Gasteiger partial charge in [-0.15, -0.1) is 0 Å². The van der Waals surface area contributed by atoms with Gasteiger partial charge in [0.2, 0.25) is 11.2 Å². The average Bonchev–Trinajstić information content (AvgIpc) is 2.83. The lowest BCUT2D eigenvalue weighted by Gasteiger charge is -2.12. The number of methoxy groups -OCH3 is 2. The summed E-state index contributed by atoms with van der Waals surface area (Å²) < 4.78 is 22.1. The Hall–Kier alpha value is -4.26. The second-order valence-corrected chi connectivity index (χ2v) is 7.38. The van der Waals surface area contributed by atoms with E-state index in [1.165, 1.54) is 0 Å². The molecule has 0 atom stereocenters. The summed E-state index contributed by atoms with van der Waals surface area (Å²) in [6, 6.07) is 19.3. The van der Waals surface area contributed by atoms with Crippen LogP contribution in [-0.2, 0) is 4.79 Å². The lowest BCUT2D eigenvalue weighted by atomic mass is 10.1. The molecule has 0 aliphatic carbocycles. The van der Waals surface area contributed by atoms with Crippen LogP contribution in [0.4, 0.5) is 5.69 Å². The van der Waals surface area contributed by atoms with Gasteiger partial charge < -0.3 is 23.9 Å². The lowest BCUT2D eigenvalue weighted by molar-refractivity contribution is -0.118. The zero-order valence-corrected chi connectivity index (χ0v) is 18.5. The van der Waals surface area contributed by atoms with Crippen molar-refractivity contribution < 1.29 is 23.4 Å². The molecule has 0 aliphatic heterocycles. The Morgan fingerprint density at radius 3 is 2.18 bits per heavy atom. The van der Waals surface area contributed by atoms with E-state index >= 15 is 0 Å². The summed E-state index contributed by atoms with van der Waals surface area (Å²) in [6.07, 6.45) is 0. The molecule has 33 heavy (non-hydrogen) atoms. The van der Waals surface area contributed by atoms with Crippen molar-refractivity contribution in [2.24, 2.45) is 0 Å². The minimum atomic E-state index is -0.413. The number of carbonyl (C=O) groups excluding carboxylic acids is 1. The fourth-order valence-electron chi connectivity index (χ4n) is 3.36. The summed E-state index contributed by atoms with van der Waals surface area (Å²) in [5.41, 5.74) is 2.27. The molecule has 1 amide bonds. The molecule has 1 heterocycles. The lowest BCUT2D eigenvalue weighted by Crippen LogP contribution is -2.22. The van der Waals surface area contributed by atoms with Crippen molar-refractivity contribution in [2.45, 2.75) is 6.92 Å². The van der Waals surface area contributed by atoms with E-state index in [-0.39, 0.29) is 23.5 Å². The molecule has 7 heteroatoms. The minimum absolute atomic E-state index is 0.0265. The molecular formula is C26H23NO6. The van der Waals surface area contributed by atoms with Crippen molar-refractivity contribution in [1.29, 1.82) is 0 Å². The highest BCUT2D eigenvalue weighted by Gasteiger charge is 2.19. The standard InChI is InChI=1S/C26H23NO6/c1-16-4-13-21-22(14-16)33-25(17-5-9-19(30-2)10-6-17)26(24(21)29)32-15-23(28)27-18-7-11-20(31-3)12-8-18/h4-14H,15H2,1-3H3,(H,27,28). The molecule has 4 aromatic rings. The number of amides is 1. The second kappa shape index (κ2) is 9.48. The van der Waals surface area contributed by atoms with Crippen molar-refractivity contribution in [3.63, 3.8) is 0 Å². The highest BCUT2D eigenvalue weighted by atomic mass is 16.5. The molecule has 0 fully saturated rings. The first-order chi connectivity index (χ1) is 16.0. The van der Waals surface area contributed by atoms with E-state index in [9.17, 15) is 9.59 Å². The van der Waals surface area contributed by atoms with E-state index in [1.54, 1.807) is 74.9 Å². The highest BCUT2D eigenvalue weighted by molar-refractivity contribution is 5.92. The predicted octanol–water partition coefficient (Wildman–Crippen LogP) is 4.80. The molecule has 7 nitrogen and oxygen atoms in total. The number of rotatable bonds is 7. The van der Waals surface area contributed by atoms with Crippen LogP contribution in [0.1, 0.15) is 5.56 Å². The molecule has 0 unspecified atom stereocenters. The first-order valence-electron chi connectivity index (χ1n) is 10.3. The Balaban J connectivity index is 1.65. The zero-order chi connectivity index (χ0) is 23.4. The van der Waals surface area contributed by atoms with E-state index in [1.807, 2.05) is 13.0 Å². The van der Waals surface area contributed by atoms with Crippen molar-refractivity contribution in [3.8, 4) is 28.6 Å². The number of fused-ring (bicyclic) bond motifs is 1. The average molecular weight is 445 g/mol. The van der Waals surface area contributed by atoms with Crippen LogP contribution in [0.15, 0.2) is 75.9 Å². The maximum Gasteiger partial charge on any atom is 0.262 e. The third kappa shape index (κ3) is 4.82. The number of hydrogen-bond donors (Lipinski definition) is 1. The van der Waals surface area contributed by atoms with Crippen LogP contribution >= 0.6 is 0 Å². The van der Waals surface area contributed by atoms with Crippen LogP contribution in [0, 0.1) is 6.92 Å². The number of carbonyl (C=O) groups is 1. The molecule has 3 aromatic carbocycles. The third-order valence-electron chi connectivity index (χ3n) is 5.08. The molecule has 0 saturated carbocycles. The molecule has 1 aromatic heterocycles. The van der Waals surface area contributed by atoms with E-state index in [4.69, 9.17) is 18.6 Å². The number of nitrogens with one attached hydrogen (secondary N) is 1. The summed E-state index contributed by atoms with van der Waals surface area (Å²) in [7, 11) is 3.14. The van der Waals surface area contributed by atoms with Crippen LogP contribution in [0.25, 0.3) is 22.3 Å². The van der Waals surface area contributed by atoms with E-state index in [2.05, 4.69) is 5.32 Å². The van der Waals surface area contributed by atoms with Crippen LogP contribution in [0.5, 0.6) is 17.2 Å². The van der Waals surface area contributed by atoms with E-state index in [0.29, 0.717) is 33.7 Å². The van der Waals surface area contributed by atoms with Crippen LogP contribution in [-0.4, -0.2) is 26.7 Å². The van der Waals surface area contributed by atoms with Gasteiger partial charge in [-0.25, -0.2) is 0 Å². The SMILES string of the molecule is COc1ccc(NC(=O)COc2c(-c3ccc(OC)cc3)oc3cc(C)ccc3c2=O)cc1. The van der Waals surface area contributed by atoms with Crippen molar-refractivity contribution in [2.75, 3.05) is 26.1 Å². The number of benzene rings is 3. The normalized spacial score (nSPS) is 10.6. The molecule has 0 spiro atoms. The van der Waals surface area contributed by atoms with Gasteiger partial charge in [-0.05, 0) is 73.2 Å².